The lowest BCUT2D eigenvalue weighted by Crippen LogP contribution is -2.57. The summed E-state index contributed by atoms with van der Waals surface area (Å²) in [6.45, 7) is 0.108. The number of carboxylic acids is 1. The summed E-state index contributed by atoms with van der Waals surface area (Å²) >= 11 is 0. The van der Waals surface area contributed by atoms with E-state index in [-0.39, 0.29) is 24.5 Å². The Kier molecular flexibility index (Phi) is 8.57. The highest BCUT2D eigenvalue weighted by Gasteiger charge is 2.30. The molecule has 12 heteroatoms. The van der Waals surface area contributed by atoms with Crippen LogP contribution in [0.25, 0.3) is 0 Å². The molecule has 34 heavy (non-hydrogen) atoms. The van der Waals surface area contributed by atoms with E-state index >= 15 is 0 Å². The average molecular weight is 473 g/mol. The monoisotopic (exact) mass is 472 g/mol. The Morgan fingerprint density at radius 1 is 1.06 bits per heavy atom. The highest BCUT2D eigenvalue weighted by molar-refractivity contribution is 5.94. The molecule has 2 aromatic rings. The molecule has 1 fully saturated rings. The van der Waals surface area contributed by atoms with E-state index in [0.29, 0.717) is 24.2 Å². The van der Waals surface area contributed by atoms with Crippen LogP contribution in [0.5, 0.6) is 5.75 Å². The van der Waals surface area contributed by atoms with Crippen LogP contribution in [0.1, 0.15) is 24.1 Å². The first kappa shape index (κ1) is 24.7. The van der Waals surface area contributed by atoms with Gasteiger partial charge in [-0.25, -0.2) is 4.98 Å². The minimum atomic E-state index is -1.23. The predicted molar refractivity (Wildman–Crippen MR) is 120 cm³/mol. The molecule has 0 radical (unpaired) electrons. The quantitative estimate of drug-likeness (QED) is 0.213. The van der Waals surface area contributed by atoms with Crippen molar-refractivity contribution in [2.75, 3.05) is 13.1 Å². The van der Waals surface area contributed by atoms with Gasteiger partial charge in [0.25, 0.3) is 0 Å². The molecule has 2 heterocycles. The summed E-state index contributed by atoms with van der Waals surface area (Å²) in [7, 11) is 0. The number of carbonyl (C=O) groups excluding carboxylic acids is 3. The first-order valence-electron chi connectivity index (χ1n) is 10.9. The van der Waals surface area contributed by atoms with Crippen LogP contribution >= 0.6 is 0 Å². The number of carbonyl (C=O) groups is 4. The lowest BCUT2D eigenvalue weighted by Gasteiger charge is -2.24. The third-order valence-electron chi connectivity index (χ3n) is 5.41. The van der Waals surface area contributed by atoms with Crippen molar-refractivity contribution < 1.29 is 29.4 Å². The third kappa shape index (κ3) is 7.30. The van der Waals surface area contributed by atoms with E-state index in [9.17, 15) is 24.3 Å². The van der Waals surface area contributed by atoms with E-state index in [1.807, 2.05) is 0 Å². The van der Waals surface area contributed by atoms with Gasteiger partial charge in [0.15, 0.2) is 0 Å². The molecule has 3 rings (SSSR count). The number of rotatable bonds is 11. The number of phenols is 1. The number of phenolic OH excluding ortho intramolecular Hbond substituents is 1. The summed E-state index contributed by atoms with van der Waals surface area (Å²) in [5.41, 5.74) is 1.25. The van der Waals surface area contributed by atoms with E-state index < -0.39 is 42.5 Å². The van der Waals surface area contributed by atoms with Gasteiger partial charge in [-0.2, -0.15) is 0 Å². The Labute approximate surface area is 195 Å². The van der Waals surface area contributed by atoms with Crippen LogP contribution in [-0.2, 0) is 32.0 Å². The molecular formula is C22H28N6O6. The fourth-order valence-corrected chi connectivity index (χ4v) is 3.64. The first-order valence-corrected chi connectivity index (χ1v) is 10.9. The van der Waals surface area contributed by atoms with Crippen LogP contribution in [0, 0.1) is 0 Å². The Bertz CT molecular complexity index is 988. The number of nitrogens with one attached hydrogen (secondary N) is 5. The first-order chi connectivity index (χ1) is 16.3. The lowest BCUT2D eigenvalue weighted by molar-refractivity contribution is -0.138. The van der Waals surface area contributed by atoms with Gasteiger partial charge in [-0.05, 0) is 37.1 Å². The molecule has 3 amide bonds. The number of H-pyrrole nitrogens is 1. The van der Waals surface area contributed by atoms with Gasteiger partial charge in [-0.3, -0.25) is 19.2 Å². The third-order valence-corrected chi connectivity index (χ3v) is 5.41. The van der Waals surface area contributed by atoms with E-state index in [1.165, 1.54) is 24.7 Å². The van der Waals surface area contributed by atoms with Crippen molar-refractivity contribution >= 4 is 23.7 Å². The van der Waals surface area contributed by atoms with E-state index in [0.717, 1.165) is 6.42 Å². The maximum Gasteiger partial charge on any atom is 0.322 e. The standard InChI is InChI=1S/C22H28N6O6/c29-15-5-3-13(4-6-15)8-17(20(32)25-11-19(30)31)27-22(34)18(9-14-10-23-12-26-14)28-21(33)16-2-1-7-24-16/h3-6,10,12,16-18,24,29H,1-2,7-9,11H2,(H,23,26)(H,25,32)(H,27,34)(H,28,33)(H,30,31). The Morgan fingerprint density at radius 3 is 2.41 bits per heavy atom. The number of nitrogens with zero attached hydrogens (tertiary/aromatic N) is 1. The van der Waals surface area contributed by atoms with E-state index in [1.54, 1.807) is 12.1 Å². The molecule has 1 saturated heterocycles. The molecule has 1 aliphatic heterocycles. The summed E-state index contributed by atoms with van der Waals surface area (Å²) in [6.07, 6.45) is 4.67. The van der Waals surface area contributed by atoms with Gasteiger partial charge in [0, 0.05) is 24.7 Å². The summed E-state index contributed by atoms with van der Waals surface area (Å²) in [5.74, 6) is -2.79. The number of hydrogen-bond acceptors (Lipinski definition) is 7. The van der Waals surface area contributed by atoms with Crippen molar-refractivity contribution in [1.29, 1.82) is 0 Å². The zero-order valence-electron chi connectivity index (χ0n) is 18.4. The van der Waals surface area contributed by atoms with Crippen molar-refractivity contribution in [2.45, 2.75) is 43.8 Å². The molecule has 0 spiro atoms. The summed E-state index contributed by atoms with van der Waals surface area (Å²) < 4.78 is 0. The second-order valence-electron chi connectivity index (χ2n) is 8.03. The van der Waals surface area contributed by atoms with Crippen molar-refractivity contribution in [3.05, 3.63) is 48.0 Å². The maximum atomic E-state index is 13.2. The van der Waals surface area contributed by atoms with Crippen molar-refractivity contribution in [3.63, 3.8) is 0 Å². The minimum absolute atomic E-state index is 0.0440. The van der Waals surface area contributed by atoms with Gasteiger partial charge < -0.3 is 36.5 Å². The van der Waals surface area contributed by atoms with Crippen molar-refractivity contribution in [2.24, 2.45) is 0 Å². The van der Waals surface area contributed by atoms with Gasteiger partial charge in [0.05, 0.1) is 12.4 Å². The zero-order chi connectivity index (χ0) is 24.5. The molecule has 1 aliphatic rings. The zero-order valence-corrected chi connectivity index (χ0v) is 18.4. The number of aromatic nitrogens is 2. The van der Waals surface area contributed by atoms with Crippen molar-refractivity contribution in [3.8, 4) is 5.75 Å². The summed E-state index contributed by atoms with van der Waals surface area (Å²) in [5, 5.41) is 29.1. The second kappa shape index (κ2) is 11.8. The Hall–Kier alpha value is -3.93. The fourth-order valence-electron chi connectivity index (χ4n) is 3.64. The Morgan fingerprint density at radius 2 is 1.79 bits per heavy atom. The second-order valence-corrected chi connectivity index (χ2v) is 8.03. The number of amides is 3. The van der Waals surface area contributed by atoms with Gasteiger partial charge >= 0.3 is 5.97 Å². The number of aromatic hydroxyl groups is 1. The van der Waals surface area contributed by atoms with Crippen molar-refractivity contribution in [1.82, 2.24) is 31.2 Å². The number of imidazole rings is 1. The molecule has 0 bridgehead atoms. The smallest absolute Gasteiger partial charge is 0.322 e. The normalized spacial score (nSPS) is 16.9. The van der Waals surface area contributed by atoms with Gasteiger partial charge in [0.2, 0.25) is 17.7 Å². The number of carboxylic acid groups (broad SMARTS) is 1. The van der Waals surface area contributed by atoms with Gasteiger partial charge in [0.1, 0.15) is 24.4 Å². The van der Waals surface area contributed by atoms with Crippen LogP contribution in [-0.4, -0.2) is 75.1 Å². The molecule has 3 atom stereocenters. The van der Waals surface area contributed by atoms with E-state index in [4.69, 9.17) is 5.11 Å². The molecule has 1 aromatic carbocycles. The van der Waals surface area contributed by atoms with Crippen LogP contribution in [0.2, 0.25) is 0 Å². The molecular weight excluding hydrogens is 444 g/mol. The predicted octanol–water partition coefficient (Wildman–Crippen LogP) is -1.18. The number of aliphatic carboxylic acids is 1. The summed E-state index contributed by atoms with van der Waals surface area (Å²) in [4.78, 5) is 56.2. The number of hydrogen-bond donors (Lipinski definition) is 7. The largest absolute Gasteiger partial charge is 0.508 e. The molecule has 0 saturated carbocycles. The molecule has 3 unspecified atom stereocenters. The van der Waals surface area contributed by atoms with Gasteiger partial charge in [-0.1, -0.05) is 12.1 Å². The SMILES string of the molecule is O=C(O)CNC(=O)C(Cc1ccc(O)cc1)NC(=O)C(Cc1cnc[nH]1)NC(=O)C1CCCN1. The molecule has 7 N–H and O–H groups in total. The number of aromatic amines is 1. The van der Waals surface area contributed by atoms with Crippen LogP contribution in [0.3, 0.4) is 0 Å². The molecule has 1 aromatic heterocycles. The van der Waals surface area contributed by atoms with Crippen LogP contribution in [0.15, 0.2) is 36.8 Å². The molecule has 12 nitrogen and oxygen atoms in total. The average Bonchev–Trinajstić information content (AvgIpc) is 3.52. The molecule has 182 valence electrons. The maximum absolute atomic E-state index is 13.2. The lowest BCUT2D eigenvalue weighted by atomic mass is 10.0. The highest BCUT2D eigenvalue weighted by atomic mass is 16.4. The van der Waals surface area contributed by atoms with Crippen LogP contribution < -0.4 is 21.3 Å². The Balaban J connectivity index is 1.75. The minimum Gasteiger partial charge on any atom is -0.508 e. The molecule has 0 aliphatic carbocycles. The fraction of sp³-hybridized carbons (Fsp3) is 0.409. The topological polar surface area (TPSA) is 186 Å². The van der Waals surface area contributed by atoms with Gasteiger partial charge in [-0.15, -0.1) is 0 Å². The van der Waals surface area contributed by atoms with E-state index in [2.05, 4.69) is 31.2 Å². The highest BCUT2D eigenvalue weighted by Crippen LogP contribution is 2.12. The van der Waals surface area contributed by atoms with Crippen LogP contribution in [0.4, 0.5) is 0 Å². The summed E-state index contributed by atoms with van der Waals surface area (Å²) in [6, 6.07) is 3.57. The number of benzene rings is 1.